The summed E-state index contributed by atoms with van der Waals surface area (Å²) in [6, 6.07) is 0.106. The van der Waals surface area contributed by atoms with E-state index in [2.05, 4.69) is 12.2 Å². The van der Waals surface area contributed by atoms with Gasteiger partial charge in [0.25, 0.3) is 0 Å². The van der Waals surface area contributed by atoms with Crippen molar-refractivity contribution in [3.05, 3.63) is 0 Å². The third-order valence-electron chi connectivity index (χ3n) is 1.76. The molecule has 0 bridgehead atoms. The van der Waals surface area contributed by atoms with Crippen LogP contribution in [-0.2, 0) is 4.79 Å². The van der Waals surface area contributed by atoms with Crippen molar-refractivity contribution >= 4 is 5.78 Å². The molecule has 2 heteroatoms. The molecule has 0 aliphatic rings. The van der Waals surface area contributed by atoms with Gasteiger partial charge >= 0.3 is 0 Å². The smallest absolute Gasteiger partial charge is 0.149 e. The molecule has 2 nitrogen and oxygen atoms in total. The van der Waals surface area contributed by atoms with Gasteiger partial charge in [-0.1, -0.05) is 27.2 Å². The van der Waals surface area contributed by atoms with Crippen LogP contribution in [0.1, 0.15) is 40.0 Å². The Labute approximate surface area is 69.4 Å². The van der Waals surface area contributed by atoms with Crippen LogP contribution in [0.3, 0.4) is 0 Å². The van der Waals surface area contributed by atoms with E-state index in [1.165, 1.54) is 0 Å². The van der Waals surface area contributed by atoms with Crippen molar-refractivity contribution in [1.29, 1.82) is 0 Å². The summed E-state index contributed by atoms with van der Waals surface area (Å²) >= 11 is 0. The second kappa shape index (κ2) is 6.35. The zero-order valence-electron chi connectivity index (χ0n) is 7.81. The molecule has 0 spiro atoms. The van der Waals surface area contributed by atoms with Gasteiger partial charge in [-0.2, -0.15) is 0 Å². The summed E-state index contributed by atoms with van der Waals surface area (Å²) in [5, 5.41) is 3.18. The van der Waals surface area contributed by atoms with Gasteiger partial charge in [0, 0.05) is 6.42 Å². The lowest BCUT2D eigenvalue weighted by molar-refractivity contribution is -0.120. The lowest BCUT2D eigenvalue weighted by Crippen LogP contribution is -2.35. The first kappa shape index (κ1) is 10.6. The molecule has 1 unspecified atom stereocenters. The number of hydrogen-bond donors (Lipinski definition) is 1. The third-order valence-corrected chi connectivity index (χ3v) is 1.76. The number of nitrogens with one attached hydrogen (secondary N) is 1. The van der Waals surface area contributed by atoms with Crippen LogP contribution >= 0.6 is 0 Å². The fourth-order valence-electron chi connectivity index (χ4n) is 1.16. The Kier molecular flexibility index (Phi) is 6.13. The predicted octanol–water partition coefficient (Wildman–Crippen LogP) is 1.74. The second-order valence-electron chi connectivity index (χ2n) is 2.72. The minimum atomic E-state index is 0.106. The van der Waals surface area contributed by atoms with E-state index in [0.717, 1.165) is 19.4 Å². The topological polar surface area (TPSA) is 29.1 Å². The minimum absolute atomic E-state index is 0.106. The summed E-state index contributed by atoms with van der Waals surface area (Å²) in [6.45, 7) is 6.94. The SMILES string of the molecule is CCCC(NCC)C(=O)CC. The van der Waals surface area contributed by atoms with Crippen LogP contribution in [0.5, 0.6) is 0 Å². The molecule has 0 aromatic heterocycles. The number of carbonyl (C=O) groups is 1. The molecule has 0 fully saturated rings. The highest BCUT2D eigenvalue weighted by Crippen LogP contribution is 2.00. The van der Waals surface area contributed by atoms with E-state index in [1.807, 2.05) is 13.8 Å². The van der Waals surface area contributed by atoms with Gasteiger partial charge in [-0.05, 0) is 13.0 Å². The first-order chi connectivity index (χ1) is 5.26. The lowest BCUT2D eigenvalue weighted by atomic mass is 10.1. The fourth-order valence-corrected chi connectivity index (χ4v) is 1.16. The molecule has 0 saturated heterocycles. The van der Waals surface area contributed by atoms with Crippen molar-refractivity contribution in [2.75, 3.05) is 6.54 Å². The van der Waals surface area contributed by atoms with E-state index in [4.69, 9.17) is 0 Å². The number of likely N-dealkylation sites (N-methyl/N-ethyl adjacent to an activating group) is 1. The zero-order valence-corrected chi connectivity index (χ0v) is 7.81. The van der Waals surface area contributed by atoms with Gasteiger partial charge in [-0.25, -0.2) is 0 Å². The maximum absolute atomic E-state index is 11.2. The van der Waals surface area contributed by atoms with E-state index in [9.17, 15) is 4.79 Å². The first-order valence-corrected chi connectivity index (χ1v) is 4.52. The molecule has 1 N–H and O–H groups in total. The first-order valence-electron chi connectivity index (χ1n) is 4.52. The maximum Gasteiger partial charge on any atom is 0.149 e. The van der Waals surface area contributed by atoms with Crippen molar-refractivity contribution in [2.45, 2.75) is 46.1 Å². The molecule has 0 aliphatic heterocycles. The summed E-state index contributed by atoms with van der Waals surface area (Å²) in [4.78, 5) is 11.2. The Morgan fingerprint density at radius 3 is 2.36 bits per heavy atom. The Balaban J connectivity index is 3.76. The molecular weight excluding hydrogens is 138 g/mol. The highest BCUT2D eigenvalue weighted by molar-refractivity contribution is 5.83. The molecule has 0 heterocycles. The van der Waals surface area contributed by atoms with E-state index in [0.29, 0.717) is 12.2 Å². The normalized spacial score (nSPS) is 13.0. The van der Waals surface area contributed by atoms with Crippen LogP contribution in [0.15, 0.2) is 0 Å². The molecule has 0 aliphatic carbocycles. The average molecular weight is 157 g/mol. The van der Waals surface area contributed by atoms with Crippen molar-refractivity contribution in [1.82, 2.24) is 5.32 Å². The summed E-state index contributed by atoms with van der Waals surface area (Å²) in [7, 11) is 0. The van der Waals surface area contributed by atoms with Crippen LogP contribution in [0.25, 0.3) is 0 Å². The van der Waals surface area contributed by atoms with Gasteiger partial charge in [-0.3, -0.25) is 4.79 Å². The highest BCUT2D eigenvalue weighted by Gasteiger charge is 2.12. The lowest BCUT2D eigenvalue weighted by Gasteiger charge is -2.14. The van der Waals surface area contributed by atoms with E-state index < -0.39 is 0 Å². The van der Waals surface area contributed by atoms with Gasteiger partial charge in [0.1, 0.15) is 5.78 Å². The number of Topliss-reactive ketones (excluding diaryl/α,β-unsaturated/α-hetero) is 1. The standard InChI is InChI=1S/C9H19NO/c1-4-7-8(10-6-3)9(11)5-2/h8,10H,4-7H2,1-3H3. The number of carbonyl (C=O) groups excluding carboxylic acids is 1. The molecular formula is C9H19NO. The summed E-state index contributed by atoms with van der Waals surface area (Å²) < 4.78 is 0. The largest absolute Gasteiger partial charge is 0.308 e. The molecule has 11 heavy (non-hydrogen) atoms. The Hall–Kier alpha value is -0.370. The van der Waals surface area contributed by atoms with Crippen molar-refractivity contribution in [3.8, 4) is 0 Å². The second-order valence-corrected chi connectivity index (χ2v) is 2.72. The number of hydrogen-bond acceptors (Lipinski definition) is 2. The Morgan fingerprint density at radius 1 is 1.36 bits per heavy atom. The Bertz CT molecular complexity index is 106. The molecule has 0 radical (unpaired) electrons. The van der Waals surface area contributed by atoms with Crippen LogP contribution in [0, 0.1) is 0 Å². The quantitative estimate of drug-likeness (QED) is 0.636. The van der Waals surface area contributed by atoms with Crippen LogP contribution < -0.4 is 5.32 Å². The van der Waals surface area contributed by atoms with Crippen molar-refractivity contribution in [3.63, 3.8) is 0 Å². The predicted molar refractivity (Wildman–Crippen MR) is 47.7 cm³/mol. The molecule has 66 valence electrons. The fraction of sp³-hybridized carbons (Fsp3) is 0.889. The summed E-state index contributed by atoms with van der Waals surface area (Å²) in [5.41, 5.74) is 0. The summed E-state index contributed by atoms with van der Waals surface area (Å²) in [6.07, 6.45) is 2.70. The minimum Gasteiger partial charge on any atom is -0.308 e. The number of ketones is 1. The van der Waals surface area contributed by atoms with E-state index >= 15 is 0 Å². The molecule has 0 saturated carbocycles. The van der Waals surface area contributed by atoms with Gasteiger partial charge in [0.15, 0.2) is 0 Å². The van der Waals surface area contributed by atoms with Crippen molar-refractivity contribution < 1.29 is 4.79 Å². The average Bonchev–Trinajstić information content (AvgIpc) is 2.03. The number of rotatable bonds is 6. The Morgan fingerprint density at radius 2 is 2.00 bits per heavy atom. The van der Waals surface area contributed by atoms with Gasteiger partial charge in [-0.15, -0.1) is 0 Å². The molecule has 0 aromatic rings. The van der Waals surface area contributed by atoms with Gasteiger partial charge in [0.2, 0.25) is 0 Å². The van der Waals surface area contributed by atoms with Crippen LogP contribution in [0.4, 0.5) is 0 Å². The van der Waals surface area contributed by atoms with Gasteiger partial charge < -0.3 is 5.32 Å². The molecule has 1 atom stereocenters. The molecule has 0 rings (SSSR count). The molecule has 0 aromatic carbocycles. The monoisotopic (exact) mass is 157 g/mol. The zero-order chi connectivity index (χ0) is 8.69. The van der Waals surface area contributed by atoms with E-state index in [-0.39, 0.29) is 6.04 Å². The molecule has 0 amide bonds. The highest BCUT2D eigenvalue weighted by atomic mass is 16.1. The summed E-state index contributed by atoms with van der Waals surface area (Å²) in [5.74, 6) is 0.341. The van der Waals surface area contributed by atoms with Gasteiger partial charge in [0.05, 0.1) is 6.04 Å². The van der Waals surface area contributed by atoms with Crippen LogP contribution in [-0.4, -0.2) is 18.4 Å². The van der Waals surface area contributed by atoms with Crippen LogP contribution in [0.2, 0.25) is 0 Å². The maximum atomic E-state index is 11.2. The third kappa shape index (κ3) is 4.14. The van der Waals surface area contributed by atoms with Crippen molar-refractivity contribution in [2.24, 2.45) is 0 Å². The van der Waals surface area contributed by atoms with E-state index in [1.54, 1.807) is 0 Å².